The van der Waals surface area contributed by atoms with Crippen LogP contribution in [0.1, 0.15) is 0 Å². The standard InChI is InChI=1S/C5H4S5/c1-2-7-5(6-1)10-8-3-4-9-10/h1-4H. The molecule has 10 heavy (non-hydrogen) atoms. The van der Waals surface area contributed by atoms with Gasteiger partial charge in [-0.3, -0.25) is 0 Å². The Morgan fingerprint density at radius 1 is 1.00 bits per heavy atom. The SMILES string of the molecule is C1=CSS(=c2sccs2)S1. The highest BCUT2D eigenvalue weighted by Gasteiger charge is 2.01. The Balaban J connectivity index is 2.48. The molecule has 0 aliphatic carbocycles. The molecule has 0 fully saturated rings. The summed E-state index contributed by atoms with van der Waals surface area (Å²) in [5.74, 6) is 0. The lowest BCUT2D eigenvalue weighted by atomic mass is 11.2. The molecular formula is C5H4S5. The van der Waals surface area contributed by atoms with E-state index in [1.54, 1.807) is 3.14 Å². The monoisotopic (exact) mass is 224 g/mol. The fraction of sp³-hybridized carbons (Fsp3) is 0. The van der Waals surface area contributed by atoms with Gasteiger partial charge < -0.3 is 0 Å². The van der Waals surface area contributed by atoms with Crippen LogP contribution in [-0.4, -0.2) is 0 Å². The minimum atomic E-state index is 0.400. The molecule has 1 aromatic rings. The van der Waals surface area contributed by atoms with Gasteiger partial charge in [0.1, 0.15) is 3.14 Å². The molecule has 0 atom stereocenters. The van der Waals surface area contributed by atoms with Crippen LogP contribution in [0.2, 0.25) is 0 Å². The third kappa shape index (κ3) is 1.53. The molecule has 0 unspecified atom stereocenters. The summed E-state index contributed by atoms with van der Waals surface area (Å²) in [5.41, 5.74) is 0. The molecule has 1 aromatic heterocycles. The van der Waals surface area contributed by atoms with E-state index in [1.165, 1.54) is 0 Å². The quantitative estimate of drug-likeness (QED) is 0.473. The van der Waals surface area contributed by atoms with Crippen molar-refractivity contribution in [2.75, 3.05) is 0 Å². The van der Waals surface area contributed by atoms with E-state index in [4.69, 9.17) is 0 Å². The topological polar surface area (TPSA) is 0 Å². The molecule has 0 nitrogen and oxygen atoms in total. The molecular weight excluding hydrogens is 220 g/mol. The molecule has 0 saturated carbocycles. The Morgan fingerprint density at radius 2 is 1.60 bits per heavy atom. The van der Waals surface area contributed by atoms with Crippen LogP contribution in [0.15, 0.2) is 21.6 Å². The summed E-state index contributed by atoms with van der Waals surface area (Å²) in [7, 11) is 4.26. The van der Waals surface area contributed by atoms with Gasteiger partial charge in [-0.25, -0.2) is 0 Å². The fourth-order valence-corrected chi connectivity index (χ4v) is 9.55. The van der Waals surface area contributed by atoms with Gasteiger partial charge in [0, 0.05) is 10.8 Å². The first-order valence-corrected chi connectivity index (χ1v) is 8.33. The molecule has 2 rings (SSSR count). The lowest BCUT2D eigenvalue weighted by molar-refractivity contribution is 2.38. The molecule has 0 bridgehead atoms. The average Bonchev–Trinajstić information content (AvgIpc) is 2.59. The first-order valence-electron chi connectivity index (χ1n) is 2.56. The Kier molecular flexibility index (Phi) is 2.61. The van der Waals surface area contributed by atoms with Crippen LogP contribution >= 0.6 is 52.8 Å². The van der Waals surface area contributed by atoms with Gasteiger partial charge in [0.25, 0.3) is 0 Å². The summed E-state index contributed by atoms with van der Waals surface area (Å²) in [6.45, 7) is 0. The Labute approximate surface area is 77.1 Å². The van der Waals surface area contributed by atoms with Gasteiger partial charge in [-0.05, 0) is 19.4 Å². The molecule has 1 aliphatic rings. The smallest absolute Gasteiger partial charge is 0.124 e. The first-order chi connectivity index (χ1) is 4.97. The average molecular weight is 224 g/mol. The summed E-state index contributed by atoms with van der Waals surface area (Å²) in [5, 5.41) is 8.68. The van der Waals surface area contributed by atoms with Gasteiger partial charge in [-0.1, -0.05) is 21.6 Å². The maximum atomic E-state index is 2.18. The molecule has 0 aromatic carbocycles. The van der Waals surface area contributed by atoms with E-state index < -0.39 is 0 Å². The molecule has 0 N–H and O–H groups in total. The Morgan fingerprint density at radius 3 is 2.20 bits per heavy atom. The highest BCUT2D eigenvalue weighted by atomic mass is 33.5. The van der Waals surface area contributed by atoms with Gasteiger partial charge in [-0.15, -0.1) is 22.7 Å². The van der Waals surface area contributed by atoms with E-state index in [0.29, 0.717) is 8.55 Å². The third-order valence-corrected chi connectivity index (χ3v) is 10.8. The molecule has 5 heteroatoms. The maximum Gasteiger partial charge on any atom is 0.124 e. The van der Waals surface area contributed by atoms with Crippen LogP contribution < -0.4 is 0 Å². The summed E-state index contributed by atoms with van der Waals surface area (Å²) >= 11 is 3.74. The van der Waals surface area contributed by atoms with Crippen molar-refractivity contribution in [3.63, 3.8) is 0 Å². The van der Waals surface area contributed by atoms with Gasteiger partial charge >= 0.3 is 0 Å². The van der Waals surface area contributed by atoms with Crippen molar-refractivity contribution in [1.82, 2.24) is 0 Å². The number of hydrogen-bond donors (Lipinski definition) is 0. The zero-order valence-electron chi connectivity index (χ0n) is 4.85. The van der Waals surface area contributed by atoms with Gasteiger partial charge in [0.15, 0.2) is 0 Å². The molecule has 2 heterocycles. The van der Waals surface area contributed by atoms with Gasteiger partial charge in [0.2, 0.25) is 0 Å². The zero-order chi connectivity index (χ0) is 6.81. The predicted octanol–water partition coefficient (Wildman–Crippen LogP) is 4.39. The van der Waals surface area contributed by atoms with Crippen LogP contribution in [0.3, 0.4) is 0 Å². The zero-order valence-corrected chi connectivity index (χ0v) is 8.93. The summed E-state index contributed by atoms with van der Waals surface area (Å²) in [6, 6.07) is 0. The molecule has 0 amide bonds. The Hall–Kier alpha value is 0.840. The molecule has 0 saturated heterocycles. The lowest BCUT2D eigenvalue weighted by Gasteiger charge is -1.88. The third-order valence-electron chi connectivity index (χ3n) is 0.862. The van der Waals surface area contributed by atoms with Crippen molar-refractivity contribution < 1.29 is 0 Å². The second-order valence-electron chi connectivity index (χ2n) is 1.46. The summed E-state index contributed by atoms with van der Waals surface area (Å²) in [4.78, 5) is 0. The van der Waals surface area contributed by atoms with Crippen LogP contribution in [0.5, 0.6) is 0 Å². The van der Waals surface area contributed by atoms with Crippen molar-refractivity contribution in [2.24, 2.45) is 0 Å². The number of hydrogen-bond acceptors (Lipinski definition) is 4. The van der Waals surface area contributed by atoms with Crippen molar-refractivity contribution >= 4 is 52.8 Å². The van der Waals surface area contributed by atoms with Crippen LogP contribution in [-0.2, 0) is 0 Å². The van der Waals surface area contributed by atoms with Crippen molar-refractivity contribution in [3.05, 3.63) is 24.7 Å². The van der Waals surface area contributed by atoms with Crippen molar-refractivity contribution in [1.29, 1.82) is 0 Å². The normalized spacial score (nSPS) is 18.4. The van der Waals surface area contributed by atoms with Crippen molar-refractivity contribution in [3.8, 4) is 0 Å². The predicted molar refractivity (Wildman–Crippen MR) is 57.4 cm³/mol. The molecule has 0 radical (unpaired) electrons. The second kappa shape index (κ2) is 3.49. The molecule has 54 valence electrons. The van der Waals surface area contributed by atoms with E-state index in [1.807, 2.05) is 44.3 Å². The lowest BCUT2D eigenvalue weighted by Crippen LogP contribution is -1.37. The van der Waals surface area contributed by atoms with Crippen molar-refractivity contribution in [2.45, 2.75) is 0 Å². The summed E-state index contributed by atoms with van der Waals surface area (Å²) in [6.07, 6.45) is 0. The molecule has 0 spiro atoms. The number of rotatable bonds is 0. The largest absolute Gasteiger partial charge is 0.125 e. The minimum absolute atomic E-state index is 0.400. The first kappa shape index (κ1) is 7.49. The van der Waals surface area contributed by atoms with Gasteiger partial charge in [0.05, 0.1) is 0 Å². The van der Waals surface area contributed by atoms with Gasteiger partial charge in [-0.2, -0.15) is 0 Å². The van der Waals surface area contributed by atoms with E-state index in [0.717, 1.165) is 0 Å². The van der Waals surface area contributed by atoms with E-state index in [9.17, 15) is 0 Å². The maximum absolute atomic E-state index is 2.18. The molecule has 1 aliphatic heterocycles. The second-order valence-corrected chi connectivity index (χ2v) is 9.66. The van der Waals surface area contributed by atoms with Crippen LogP contribution in [0.25, 0.3) is 0 Å². The Bertz CT molecular complexity index is 277. The highest BCUT2D eigenvalue weighted by Crippen LogP contribution is 2.53. The van der Waals surface area contributed by atoms with Crippen LogP contribution in [0.4, 0.5) is 0 Å². The fourth-order valence-electron chi connectivity index (χ4n) is 0.521. The van der Waals surface area contributed by atoms with E-state index >= 15 is 0 Å². The van der Waals surface area contributed by atoms with Crippen LogP contribution in [0, 0.1) is 3.14 Å². The summed E-state index contributed by atoms with van der Waals surface area (Å²) < 4.78 is 1.54. The van der Waals surface area contributed by atoms with E-state index in [-0.39, 0.29) is 0 Å². The minimum Gasteiger partial charge on any atom is -0.125 e. The van der Waals surface area contributed by atoms with E-state index in [2.05, 4.69) is 21.6 Å². The highest BCUT2D eigenvalue weighted by molar-refractivity contribution is 9.16.